The third kappa shape index (κ3) is 3.88. The van der Waals surface area contributed by atoms with Gasteiger partial charge in [-0.05, 0) is 48.0 Å². The summed E-state index contributed by atoms with van der Waals surface area (Å²) in [4.78, 5) is 25.1. The van der Waals surface area contributed by atoms with Gasteiger partial charge in [0.25, 0.3) is 5.91 Å². The molecule has 5 nitrogen and oxygen atoms in total. The van der Waals surface area contributed by atoms with Crippen LogP contribution in [-0.4, -0.2) is 24.9 Å². The summed E-state index contributed by atoms with van der Waals surface area (Å²) >= 11 is 0. The van der Waals surface area contributed by atoms with E-state index in [9.17, 15) is 9.59 Å². The van der Waals surface area contributed by atoms with Crippen LogP contribution in [0.15, 0.2) is 72.8 Å². The van der Waals surface area contributed by atoms with Crippen molar-refractivity contribution in [2.75, 3.05) is 18.5 Å². The molecule has 28 heavy (non-hydrogen) atoms. The van der Waals surface area contributed by atoms with E-state index in [0.29, 0.717) is 29.2 Å². The summed E-state index contributed by atoms with van der Waals surface area (Å²) in [6.45, 7) is 0.503. The van der Waals surface area contributed by atoms with Crippen LogP contribution in [0.5, 0.6) is 11.5 Å². The van der Waals surface area contributed by atoms with Gasteiger partial charge in [0.15, 0.2) is 12.4 Å². The SMILES string of the molecule is O=C(COc1ccccc1C(=O)Nc1ccccc1)c1ccc2c(c1)CCO2. The molecule has 1 amide bonds. The van der Waals surface area contributed by atoms with Gasteiger partial charge in [0.2, 0.25) is 0 Å². The van der Waals surface area contributed by atoms with Crippen LogP contribution in [0.1, 0.15) is 26.3 Å². The summed E-state index contributed by atoms with van der Waals surface area (Å²) in [5, 5.41) is 2.83. The summed E-state index contributed by atoms with van der Waals surface area (Å²) in [5.41, 5.74) is 2.68. The summed E-state index contributed by atoms with van der Waals surface area (Å²) in [6.07, 6.45) is 0.805. The standard InChI is InChI=1S/C23H19NO4/c25-20(16-10-11-21-17(14-16)12-13-27-21)15-28-22-9-5-4-8-19(22)23(26)24-18-6-2-1-3-7-18/h1-11,14H,12-13,15H2,(H,24,26). The molecule has 5 heteroatoms. The molecule has 1 aliphatic heterocycles. The van der Waals surface area contributed by atoms with E-state index in [4.69, 9.17) is 9.47 Å². The maximum absolute atomic E-state index is 12.6. The lowest BCUT2D eigenvalue weighted by Gasteiger charge is -2.11. The highest BCUT2D eigenvalue weighted by Crippen LogP contribution is 2.26. The molecule has 1 N–H and O–H groups in total. The fourth-order valence-corrected chi connectivity index (χ4v) is 3.09. The molecule has 140 valence electrons. The van der Waals surface area contributed by atoms with E-state index in [0.717, 1.165) is 17.7 Å². The molecule has 3 aromatic carbocycles. The van der Waals surface area contributed by atoms with Crippen LogP contribution >= 0.6 is 0 Å². The van der Waals surface area contributed by atoms with Gasteiger partial charge in [-0.3, -0.25) is 9.59 Å². The van der Waals surface area contributed by atoms with Crippen molar-refractivity contribution in [3.63, 3.8) is 0 Å². The number of ketones is 1. The van der Waals surface area contributed by atoms with E-state index >= 15 is 0 Å². The van der Waals surface area contributed by atoms with Crippen molar-refractivity contribution in [3.05, 3.63) is 89.5 Å². The second kappa shape index (κ2) is 7.96. The molecule has 0 atom stereocenters. The minimum absolute atomic E-state index is 0.144. The topological polar surface area (TPSA) is 64.6 Å². The first kappa shape index (κ1) is 17.8. The lowest BCUT2D eigenvalue weighted by Crippen LogP contribution is -2.16. The van der Waals surface area contributed by atoms with Gasteiger partial charge < -0.3 is 14.8 Å². The molecule has 0 fully saturated rings. The first-order valence-electron chi connectivity index (χ1n) is 9.08. The monoisotopic (exact) mass is 373 g/mol. The molecule has 1 aliphatic rings. The van der Waals surface area contributed by atoms with Gasteiger partial charge in [0.1, 0.15) is 11.5 Å². The molecule has 3 aromatic rings. The number of Topliss-reactive ketones (excluding diaryl/α,β-unsaturated/α-hetero) is 1. The smallest absolute Gasteiger partial charge is 0.259 e. The zero-order chi connectivity index (χ0) is 19.3. The van der Waals surface area contributed by atoms with Crippen LogP contribution in [-0.2, 0) is 6.42 Å². The Hall–Kier alpha value is -3.60. The number of hydrogen-bond donors (Lipinski definition) is 1. The number of hydrogen-bond acceptors (Lipinski definition) is 4. The molecule has 4 rings (SSSR count). The predicted octanol–water partition coefficient (Wildman–Crippen LogP) is 4.14. The van der Waals surface area contributed by atoms with E-state index in [1.54, 1.807) is 30.3 Å². The number of ether oxygens (including phenoxy) is 2. The van der Waals surface area contributed by atoms with Gasteiger partial charge >= 0.3 is 0 Å². The van der Waals surface area contributed by atoms with Crippen molar-refractivity contribution in [2.24, 2.45) is 0 Å². The maximum Gasteiger partial charge on any atom is 0.259 e. The first-order chi connectivity index (χ1) is 13.7. The van der Waals surface area contributed by atoms with Crippen LogP contribution in [0.25, 0.3) is 0 Å². The van der Waals surface area contributed by atoms with Crippen LogP contribution in [0.4, 0.5) is 5.69 Å². The van der Waals surface area contributed by atoms with E-state index in [1.807, 2.05) is 42.5 Å². The zero-order valence-corrected chi connectivity index (χ0v) is 15.2. The number of anilines is 1. The Morgan fingerprint density at radius 3 is 2.61 bits per heavy atom. The minimum atomic E-state index is -0.288. The number of carbonyl (C=O) groups is 2. The lowest BCUT2D eigenvalue weighted by molar-refractivity contribution is 0.0914. The summed E-state index contributed by atoms with van der Waals surface area (Å²) in [5.74, 6) is 0.770. The molecule has 1 heterocycles. The van der Waals surface area contributed by atoms with Gasteiger partial charge in [-0.15, -0.1) is 0 Å². The summed E-state index contributed by atoms with van der Waals surface area (Å²) in [7, 11) is 0. The van der Waals surface area contributed by atoms with Gasteiger partial charge in [-0.25, -0.2) is 0 Å². The third-order valence-corrected chi connectivity index (χ3v) is 4.53. The van der Waals surface area contributed by atoms with Crippen molar-refractivity contribution >= 4 is 17.4 Å². The van der Waals surface area contributed by atoms with Crippen LogP contribution in [0.2, 0.25) is 0 Å². The fourth-order valence-electron chi connectivity index (χ4n) is 3.09. The first-order valence-corrected chi connectivity index (χ1v) is 9.08. The fraction of sp³-hybridized carbons (Fsp3) is 0.130. The van der Waals surface area contributed by atoms with Gasteiger partial charge in [0, 0.05) is 17.7 Å². The van der Waals surface area contributed by atoms with Crippen molar-refractivity contribution in [3.8, 4) is 11.5 Å². The second-order valence-corrected chi connectivity index (χ2v) is 6.45. The Balaban J connectivity index is 1.45. The molecule has 0 saturated heterocycles. The highest BCUT2D eigenvalue weighted by molar-refractivity contribution is 6.06. The molecule has 0 aromatic heterocycles. The van der Waals surface area contributed by atoms with E-state index in [-0.39, 0.29) is 18.3 Å². The third-order valence-electron chi connectivity index (χ3n) is 4.53. The highest BCUT2D eigenvalue weighted by atomic mass is 16.5. The Morgan fingerprint density at radius 1 is 0.964 bits per heavy atom. The van der Waals surface area contributed by atoms with Gasteiger partial charge in [-0.1, -0.05) is 30.3 Å². The summed E-state index contributed by atoms with van der Waals surface area (Å²) in [6, 6.07) is 21.5. The zero-order valence-electron chi connectivity index (χ0n) is 15.2. The van der Waals surface area contributed by atoms with Crippen LogP contribution < -0.4 is 14.8 Å². The summed E-state index contributed by atoms with van der Waals surface area (Å²) < 4.78 is 11.2. The molecular formula is C23H19NO4. The number of benzene rings is 3. The Labute approximate surface area is 162 Å². The predicted molar refractivity (Wildman–Crippen MR) is 106 cm³/mol. The van der Waals surface area contributed by atoms with Crippen molar-refractivity contribution in [1.82, 2.24) is 0 Å². The molecule has 0 radical (unpaired) electrons. The molecular weight excluding hydrogens is 354 g/mol. The molecule has 0 bridgehead atoms. The minimum Gasteiger partial charge on any atom is -0.493 e. The van der Waals surface area contributed by atoms with Gasteiger partial charge in [0.05, 0.1) is 12.2 Å². The van der Waals surface area contributed by atoms with Crippen LogP contribution in [0.3, 0.4) is 0 Å². The van der Waals surface area contributed by atoms with Crippen molar-refractivity contribution in [2.45, 2.75) is 6.42 Å². The van der Waals surface area contributed by atoms with E-state index in [2.05, 4.69) is 5.32 Å². The number of amides is 1. The molecule has 0 unspecified atom stereocenters. The number of rotatable bonds is 6. The average molecular weight is 373 g/mol. The number of para-hydroxylation sites is 2. The maximum atomic E-state index is 12.6. The van der Waals surface area contributed by atoms with E-state index < -0.39 is 0 Å². The molecule has 0 aliphatic carbocycles. The van der Waals surface area contributed by atoms with Gasteiger partial charge in [-0.2, -0.15) is 0 Å². The molecule has 0 spiro atoms. The number of fused-ring (bicyclic) bond motifs is 1. The van der Waals surface area contributed by atoms with Crippen LogP contribution in [0, 0.1) is 0 Å². The average Bonchev–Trinajstić information content (AvgIpc) is 3.21. The largest absolute Gasteiger partial charge is 0.493 e. The Morgan fingerprint density at radius 2 is 1.75 bits per heavy atom. The Bertz CT molecular complexity index is 1010. The normalized spacial score (nSPS) is 12.0. The van der Waals surface area contributed by atoms with E-state index in [1.165, 1.54) is 0 Å². The molecule has 0 saturated carbocycles. The second-order valence-electron chi connectivity index (χ2n) is 6.45. The van der Waals surface area contributed by atoms with Crippen molar-refractivity contribution < 1.29 is 19.1 Å². The van der Waals surface area contributed by atoms with Crippen molar-refractivity contribution in [1.29, 1.82) is 0 Å². The highest BCUT2D eigenvalue weighted by Gasteiger charge is 2.17. The quantitative estimate of drug-likeness (QED) is 0.660. The lowest BCUT2D eigenvalue weighted by atomic mass is 10.1. The number of carbonyl (C=O) groups excluding carboxylic acids is 2. The Kier molecular flexibility index (Phi) is 5.06. The number of nitrogens with one attached hydrogen (secondary N) is 1.